The minimum absolute atomic E-state index is 0.0998. The highest BCUT2D eigenvalue weighted by atomic mass is 32.2. The van der Waals surface area contributed by atoms with E-state index in [1.54, 1.807) is 26.8 Å². The van der Waals surface area contributed by atoms with Crippen molar-refractivity contribution >= 4 is 16.2 Å². The highest BCUT2D eigenvalue weighted by Gasteiger charge is 2.41. The molecule has 0 aliphatic carbocycles. The van der Waals surface area contributed by atoms with E-state index in [1.807, 2.05) is 6.92 Å². The summed E-state index contributed by atoms with van der Waals surface area (Å²) in [5.74, 6) is 0.138. The fraction of sp³-hybridized carbons (Fsp3) is 0.786. The van der Waals surface area contributed by atoms with Crippen LogP contribution in [0.3, 0.4) is 0 Å². The summed E-state index contributed by atoms with van der Waals surface area (Å²) in [6.07, 6.45) is 2.57. The van der Waals surface area contributed by atoms with Gasteiger partial charge in [0.2, 0.25) is 0 Å². The molecule has 8 heteroatoms. The first-order valence-corrected chi connectivity index (χ1v) is 9.01. The molecule has 1 rings (SSSR count). The van der Waals surface area contributed by atoms with Crippen LogP contribution in [0.5, 0.6) is 0 Å². The molecule has 3 atom stereocenters. The van der Waals surface area contributed by atoms with Gasteiger partial charge in [0, 0.05) is 6.04 Å². The molecule has 1 amide bonds. The highest BCUT2D eigenvalue weighted by Crippen LogP contribution is 2.32. The third kappa shape index (κ3) is 5.94. The minimum atomic E-state index is -3.63. The molecule has 1 saturated heterocycles. The quantitative estimate of drug-likeness (QED) is 0.611. The summed E-state index contributed by atoms with van der Waals surface area (Å²) in [6, 6.07) is -0.0998. The lowest BCUT2D eigenvalue weighted by molar-refractivity contribution is -0.0165. The zero-order valence-electron chi connectivity index (χ0n) is 13.8. The van der Waals surface area contributed by atoms with Gasteiger partial charge in [0.05, 0.1) is 6.26 Å². The van der Waals surface area contributed by atoms with E-state index in [0.29, 0.717) is 12.8 Å². The molecule has 0 aromatic heterocycles. The topological polar surface area (TPSA) is 84.9 Å². The van der Waals surface area contributed by atoms with Gasteiger partial charge in [0.25, 0.3) is 10.1 Å². The van der Waals surface area contributed by atoms with Crippen LogP contribution in [0.25, 0.3) is 0 Å². The molecule has 128 valence electrons. The first-order chi connectivity index (χ1) is 9.93. The Labute approximate surface area is 132 Å². The van der Waals surface area contributed by atoms with Gasteiger partial charge in [-0.25, -0.2) is 8.98 Å². The van der Waals surface area contributed by atoms with E-state index in [9.17, 15) is 13.2 Å². The van der Waals surface area contributed by atoms with Crippen molar-refractivity contribution in [2.75, 3.05) is 6.26 Å². The van der Waals surface area contributed by atoms with Crippen molar-refractivity contribution in [3.05, 3.63) is 12.7 Å². The molecule has 7 nitrogen and oxygen atoms in total. The van der Waals surface area contributed by atoms with Crippen LogP contribution >= 0.6 is 0 Å². The first kappa shape index (κ1) is 18.9. The van der Waals surface area contributed by atoms with Gasteiger partial charge in [-0.2, -0.15) is 13.4 Å². The molecule has 0 bridgehead atoms. The zero-order chi connectivity index (χ0) is 17.1. The second kappa shape index (κ2) is 6.97. The predicted molar refractivity (Wildman–Crippen MR) is 83.3 cm³/mol. The van der Waals surface area contributed by atoms with Gasteiger partial charge in [0.1, 0.15) is 11.8 Å². The van der Waals surface area contributed by atoms with Crippen molar-refractivity contribution in [1.29, 1.82) is 0 Å². The van der Waals surface area contributed by atoms with Crippen LogP contribution in [0.2, 0.25) is 0 Å². The van der Waals surface area contributed by atoms with E-state index < -0.39 is 28.0 Å². The number of carbonyl (C=O) groups excluding carboxylic acids is 1. The van der Waals surface area contributed by atoms with Crippen LogP contribution in [0, 0.1) is 5.92 Å². The van der Waals surface area contributed by atoms with Gasteiger partial charge >= 0.3 is 6.09 Å². The SMILES string of the molecule is C=CC[C@@H]1C[C@H](OS(C)(=O)=O)N(NC(=O)OC(C)(C)C)C1C. The van der Waals surface area contributed by atoms with Crippen molar-refractivity contribution in [3.8, 4) is 0 Å². The van der Waals surface area contributed by atoms with Crippen LogP contribution in [0.4, 0.5) is 4.79 Å². The van der Waals surface area contributed by atoms with Crippen LogP contribution in [-0.2, 0) is 19.0 Å². The summed E-state index contributed by atoms with van der Waals surface area (Å²) >= 11 is 0. The maximum atomic E-state index is 11.9. The Bertz CT molecular complexity index is 512. The average molecular weight is 334 g/mol. The molecule has 0 radical (unpaired) electrons. The van der Waals surface area contributed by atoms with Gasteiger partial charge in [-0.15, -0.1) is 6.58 Å². The molecule has 1 aliphatic rings. The van der Waals surface area contributed by atoms with Crippen molar-refractivity contribution in [1.82, 2.24) is 10.4 Å². The number of amides is 1. The standard InChI is InChI=1S/C14H26N2O5S/c1-7-8-11-9-12(21-22(6,18)19)16(10(11)2)15-13(17)20-14(3,4)5/h7,10-12H,1,8-9H2,2-6H3,(H,15,17)/t10?,11-,12+/m1/s1. The number of carbonyl (C=O) groups is 1. The Morgan fingerprint density at radius 3 is 2.50 bits per heavy atom. The van der Waals surface area contributed by atoms with Crippen LogP contribution in [0.15, 0.2) is 12.7 Å². The molecular weight excluding hydrogens is 308 g/mol. The molecule has 0 aromatic carbocycles. The monoisotopic (exact) mass is 334 g/mol. The van der Waals surface area contributed by atoms with E-state index >= 15 is 0 Å². The fourth-order valence-electron chi connectivity index (χ4n) is 2.43. The van der Waals surface area contributed by atoms with Gasteiger partial charge in [-0.1, -0.05) is 6.08 Å². The summed E-state index contributed by atoms with van der Waals surface area (Å²) in [4.78, 5) is 11.9. The van der Waals surface area contributed by atoms with Gasteiger partial charge in [-0.05, 0) is 46.5 Å². The molecule has 1 unspecified atom stereocenters. The van der Waals surface area contributed by atoms with E-state index in [4.69, 9.17) is 8.92 Å². The average Bonchev–Trinajstić information content (AvgIpc) is 2.53. The number of hydrogen-bond acceptors (Lipinski definition) is 6. The lowest BCUT2D eigenvalue weighted by Gasteiger charge is -2.29. The van der Waals surface area contributed by atoms with Gasteiger partial charge in [0.15, 0.2) is 0 Å². The second-order valence-electron chi connectivity index (χ2n) is 6.54. The Morgan fingerprint density at radius 1 is 1.45 bits per heavy atom. The molecule has 1 heterocycles. The smallest absolute Gasteiger partial charge is 0.422 e. The number of nitrogens with zero attached hydrogens (tertiary/aromatic N) is 1. The lowest BCUT2D eigenvalue weighted by atomic mass is 9.98. The van der Waals surface area contributed by atoms with Crippen molar-refractivity contribution < 1.29 is 22.1 Å². The summed E-state index contributed by atoms with van der Waals surface area (Å²) in [5, 5.41) is 1.50. The largest absolute Gasteiger partial charge is 0.443 e. The highest BCUT2D eigenvalue weighted by molar-refractivity contribution is 7.86. The number of rotatable bonds is 5. The Hall–Kier alpha value is -1.12. The molecule has 0 saturated carbocycles. The predicted octanol–water partition coefficient (Wildman–Crippen LogP) is 2.01. The molecule has 22 heavy (non-hydrogen) atoms. The summed E-state index contributed by atoms with van der Waals surface area (Å²) in [6.45, 7) is 10.9. The Kier molecular flexibility index (Phi) is 6.00. The van der Waals surface area contributed by atoms with Gasteiger partial charge in [-0.3, -0.25) is 5.43 Å². The van der Waals surface area contributed by atoms with Gasteiger partial charge < -0.3 is 4.74 Å². The first-order valence-electron chi connectivity index (χ1n) is 7.20. The normalized spacial score (nSPS) is 26.7. The summed E-state index contributed by atoms with van der Waals surface area (Å²) in [7, 11) is -3.63. The zero-order valence-corrected chi connectivity index (χ0v) is 14.6. The summed E-state index contributed by atoms with van der Waals surface area (Å²) < 4.78 is 33.1. The molecule has 1 N–H and O–H groups in total. The molecule has 1 aliphatic heterocycles. The number of hydrogen-bond donors (Lipinski definition) is 1. The van der Waals surface area contributed by atoms with E-state index in [0.717, 1.165) is 6.26 Å². The number of hydrazine groups is 1. The maximum absolute atomic E-state index is 11.9. The van der Waals surface area contributed by atoms with Crippen LogP contribution < -0.4 is 5.43 Å². The van der Waals surface area contributed by atoms with Crippen molar-refractivity contribution in [2.24, 2.45) is 5.92 Å². The third-order valence-electron chi connectivity index (χ3n) is 3.31. The molecule has 0 spiro atoms. The minimum Gasteiger partial charge on any atom is -0.443 e. The van der Waals surface area contributed by atoms with Crippen molar-refractivity contribution in [2.45, 2.75) is 58.4 Å². The van der Waals surface area contributed by atoms with E-state index in [2.05, 4.69) is 12.0 Å². The van der Waals surface area contributed by atoms with Crippen LogP contribution in [-0.4, -0.2) is 43.6 Å². The Balaban J connectivity index is 2.84. The van der Waals surface area contributed by atoms with Crippen molar-refractivity contribution in [3.63, 3.8) is 0 Å². The third-order valence-corrected chi connectivity index (χ3v) is 3.88. The second-order valence-corrected chi connectivity index (χ2v) is 8.14. The van der Waals surface area contributed by atoms with E-state index in [1.165, 1.54) is 5.01 Å². The lowest BCUT2D eigenvalue weighted by Crippen LogP contribution is -2.51. The molecule has 1 fully saturated rings. The maximum Gasteiger partial charge on any atom is 0.422 e. The van der Waals surface area contributed by atoms with E-state index in [-0.39, 0.29) is 12.0 Å². The number of allylic oxidation sites excluding steroid dienone is 1. The van der Waals surface area contributed by atoms with Crippen LogP contribution in [0.1, 0.15) is 40.5 Å². The fourth-order valence-corrected chi connectivity index (χ4v) is 3.01. The summed E-state index contributed by atoms with van der Waals surface area (Å²) in [5.41, 5.74) is 1.96. The molecule has 0 aromatic rings. The Morgan fingerprint density at radius 2 is 2.05 bits per heavy atom. The number of ether oxygens (including phenoxy) is 1. The molecular formula is C14H26N2O5S. The number of nitrogens with one attached hydrogen (secondary N) is 1.